The van der Waals surface area contributed by atoms with Gasteiger partial charge in [-0.1, -0.05) is 23.4 Å². The molecule has 3 rings (SSSR count). The molecule has 0 unspecified atom stereocenters. The van der Waals surface area contributed by atoms with Gasteiger partial charge < -0.3 is 4.74 Å². The third-order valence-corrected chi connectivity index (χ3v) is 5.21. The summed E-state index contributed by atoms with van der Waals surface area (Å²) in [5.74, 6) is 0.907. The third kappa shape index (κ3) is 4.86. The number of methoxy groups -OCH3 is 1. The monoisotopic (exact) mass is 436 g/mol. The van der Waals surface area contributed by atoms with Gasteiger partial charge in [-0.15, -0.1) is 0 Å². The minimum absolute atomic E-state index is 0.0863. The highest BCUT2D eigenvalue weighted by Crippen LogP contribution is 2.37. The van der Waals surface area contributed by atoms with Crippen molar-refractivity contribution in [3.8, 4) is 23.6 Å². The number of amides is 1. The number of unbranched alkanes of at least 4 members (excludes halogenated alkanes) is 3. The Bertz CT molecular complexity index is 1160. The zero-order valence-corrected chi connectivity index (χ0v) is 18.2. The van der Waals surface area contributed by atoms with Crippen LogP contribution in [0.15, 0.2) is 42.6 Å². The number of nitro groups is 1. The largest absolute Gasteiger partial charge is 0.496 e. The molecule has 0 atom stereocenters. The Hall–Kier alpha value is -3.93. The van der Waals surface area contributed by atoms with Gasteiger partial charge in [-0.05, 0) is 31.0 Å². The number of fused-ring (bicyclic) bond motifs is 1. The number of carbonyl (C=O) groups is 1. The molecule has 0 aliphatic carbocycles. The van der Waals surface area contributed by atoms with E-state index in [-0.39, 0.29) is 11.6 Å². The number of rotatable bonds is 10. The first-order valence-corrected chi connectivity index (χ1v) is 10.4. The van der Waals surface area contributed by atoms with E-state index >= 15 is 0 Å². The lowest BCUT2D eigenvalue weighted by atomic mass is 10.1. The second-order valence-electron chi connectivity index (χ2n) is 7.35. The highest BCUT2D eigenvalue weighted by atomic mass is 16.6. The molecule has 0 saturated heterocycles. The fourth-order valence-corrected chi connectivity index (χ4v) is 3.65. The van der Waals surface area contributed by atoms with E-state index in [0.717, 1.165) is 25.7 Å². The number of ether oxygens (including phenoxy) is 1. The van der Waals surface area contributed by atoms with Gasteiger partial charge in [0.05, 0.1) is 18.2 Å². The van der Waals surface area contributed by atoms with E-state index in [0.29, 0.717) is 41.6 Å². The van der Waals surface area contributed by atoms with Crippen LogP contribution in [0.1, 0.15) is 32.6 Å². The molecule has 0 spiro atoms. The van der Waals surface area contributed by atoms with Gasteiger partial charge in [0.1, 0.15) is 22.9 Å². The Balaban J connectivity index is 2.10. The number of hydrogen-bond donors (Lipinski definition) is 0. The topological polar surface area (TPSA) is 94.3 Å². The minimum atomic E-state index is -0.466. The number of carbonyl (C=O) groups excluding carboxylic acids is 1. The Labute approximate surface area is 186 Å². The molecule has 3 aromatic rings. The van der Waals surface area contributed by atoms with Gasteiger partial charge >= 0.3 is 0 Å². The van der Waals surface area contributed by atoms with Crippen molar-refractivity contribution in [1.29, 1.82) is 0 Å². The maximum absolute atomic E-state index is 12.7. The van der Waals surface area contributed by atoms with Crippen molar-refractivity contribution in [2.24, 2.45) is 0 Å². The van der Waals surface area contributed by atoms with Gasteiger partial charge in [0, 0.05) is 31.5 Å². The smallest absolute Gasteiger partial charge is 0.286 e. The number of hydrogen-bond acceptors (Lipinski definition) is 5. The Morgan fingerprint density at radius 2 is 1.97 bits per heavy atom. The summed E-state index contributed by atoms with van der Waals surface area (Å²) in [7, 11) is 1.56. The summed E-state index contributed by atoms with van der Waals surface area (Å²) in [6, 6.07) is 10.3. The number of para-hydroxylation sites is 1. The summed E-state index contributed by atoms with van der Waals surface area (Å²) in [5, 5.41) is 11.4. The number of imidazole rings is 1. The van der Waals surface area contributed by atoms with Crippen LogP contribution in [-0.4, -0.2) is 40.4 Å². The number of aromatic nitrogens is 2. The lowest BCUT2D eigenvalue weighted by Crippen LogP contribution is -2.31. The summed E-state index contributed by atoms with van der Waals surface area (Å²) in [6.07, 6.45) is 4.91. The van der Waals surface area contributed by atoms with Crippen LogP contribution in [0.2, 0.25) is 0 Å². The molecule has 2 heterocycles. The average Bonchev–Trinajstić information content (AvgIpc) is 3.16. The lowest BCUT2D eigenvalue weighted by Gasteiger charge is -2.22. The van der Waals surface area contributed by atoms with Crippen LogP contribution in [0, 0.1) is 16.7 Å². The van der Waals surface area contributed by atoms with E-state index < -0.39 is 4.92 Å². The molecule has 0 saturated carbocycles. The molecule has 0 aliphatic heterocycles. The molecular formula is C23H26N5O4+. The average molecular weight is 436 g/mol. The highest BCUT2D eigenvalue weighted by Gasteiger charge is 2.25. The second kappa shape index (κ2) is 10.4. The van der Waals surface area contributed by atoms with Crippen molar-refractivity contribution in [3.05, 3.63) is 57.6 Å². The zero-order valence-electron chi connectivity index (χ0n) is 18.2. The molecule has 9 heteroatoms. The number of nitrogens with zero attached hydrogens (tertiary/aromatic N) is 5. The van der Waals surface area contributed by atoms with Crippen LogP contribution < -0.4 is 9.64 Å². The summed E-state index contributed by atoms with van der Waals surface area (Å²) in [5.41, 5.74) is 1.64. The van der Waals surface area contributed by atoms with Crippen molar-refractivity contribution in [2.45, 2.75) is 32.6 Å². The minimum Gasteiger partial charge on any atom is -0.496 e. The fourth-order valence-electron chi connectivity index (χ4n) is 3.65. The van der Waals surface area contributed by atoms with Crippen LogP contribution in [-0.2, 0) is 4.79 Å². The van der Waals surface area contributed by atoms with Crippen molar-refractivity contribution in [2.75, 3.05) is 25.1 Å². The molecule has 0 N–H and O–H groups in total. The van der Waals surface area contributed by atoms with Crippen molar-refractivity contribution in [1.82, 2.24) is 9.38 Å². The van der Waals surface area contributed by atoms with Gasteiger partial charge in [-0.25, -0.2) is 4.98 Å². The lowest BCUT2D eigenvalue weighted by molar-refractivity contribution is -0.385. The van der Waals surface area contributed by atoms with Gasteiger partial charge in [0.2, 0.25) is 5.91 Å². The molecule has 1 amide bonds. The summed E-state index contributed by atoms with van der Waals surface area (Å²) >= 11 is 0. The van der Waals surface area contributed by atoms with Gasteiger partial charge in [0.25, 0.3) is 18.8 Å². The van der Waals surface area contributed by atoms with E-state index in [2.05, 4.69) is 4.85 Å². The molecular weight excluding hydrogens is 410 g/mol. The van der Waals surface area contributed by atoms with Gasteiger partial charge in [-0.3, -0.25) is 24.2 Å². The molecule has 2 aromatic heterocycles. The van der Waals surface area contributed by atoms with Crippen LogP contribution in [0.3, 0.4) is 0 Å². The number of benzene rings is 1. The van der Waals surface area contributed by atoms with Crippen LogP contribution in [0.5, 0.6) is 5.75 Å². The second-order valence-corrected chi connectivity index (χ2v) is 7.35. The third-order valence-electron chi connectivity index (χ3n) is 5.21. The Morgan fingerprint density at radius 3 is 2.66 bits per heavy atom. The quantitative estimate of drug-likeness (QED) is 0.259. The predicted octanol–water partition coefficient (Wildman–Crippen LogP) is 4.79. The Morgan fingerprint density at radius 1 is 1.22 bits per heavy atom. The van der Waals surface area contributed by atoms with E-state index in [1.165, 1.54) is 19.2 Å². The molecule has 0 fully saturated rings. The summed E-state index contributed by atoms with van der Waals surface area (Å²) in [6.45, 7) is 7.73. The van der Waals surface area contributed by atoms with Crippen LogP contribution in [0.4, 0.5) is 11.5 Å². The van der Waals surface area contributed by atoms with E-state index in [1.54, 1.807) is 22.5 Å². The molecule has 0 bridgehead atoms. The predicted molar refractivity (Wildman–Crippen MR) is 124 cm³/mol. The maximum Gasteiger partial charge on any atom is 0.286 e. The van der Waals surface area contributed by atoms with Crippen LogP contribution >= 0.6 is 0 Å². The molecule has 0 radical (unpaired) electrons. The first kappa shape index (κ1) is 22.7. The molecule has 0 aliphatic rings. The first-order valence-electron chi connectivity index (χ1n) is 10.4. The maximum atomic E-state index is 12.7. The van der Waals surface area contributed by atoms with Gasteiger partial charge in [0.15, 0.2) is 0 Å². The summed E-state index contributed by atoms with van der Waals surface area (Å²) < 4.78 is 7.11. The van der Waals surface area contributed by atoms with E-state index in [1.807, 2.05) is 24.3 Å². The highest BCUT2D eigenvalue weighted by molar-refractivity contribution is 5.96. The van der Waals surface area contributed by atoms with Crippen LogP contribution in [0.25, 0.3) is 21.7 Å². The van der Waals surface area contributed by atoms with E-state index in [9.17, 15) is 14.9 Å². The van der Waals surface area contributed by atoms with Crippen molar-refractivity contribution >= 4 is 23.1 Å². The zero-order chi connectivity index (χ0) is 23.1. The Kier molecular flexibility index (Phi) is 7.39. The van der Waals surface area contributed by atoms with Crippen molar-refractivity contribution in [3.63, 3.8) is 0 Å². The molecule has 32 heavy (non-hydrogen) atoms. The number of pyridine rings is 1. The molecule has 166 valence electrons. The molecule has 9 nitrogen and oxygen atoms in total. The standard InChI is InChI=1S/C23H26N5O4/c1-17(29)26(15-9-5-4-8-14-24-2)23-22(19-10-6-7-11-20(19)32-3)25-21-13-12-18(28(30)31)16-27(21)23/h2,6-7,10-13,16H,4-5,8-9,14-15H2,1,3H3/q+1. The fraction of sp³-hybridized carbons (Fsp3) is 0.348. The SMILES string of the molecule is C#[N+]CCCCCCN(C(C)=O)c1c(-c2ccccc2OC)nc2ccc([N+](=O)[O-])cn12. The molecule has 1 aromatic carbocycles. The normalized spacial score (nSPS) is 10.7. The van der Waals surface area contributed by atoms with E-state index in [4.69, 9.17) is 16.3 Å². The van der Waals surface area contributed by atoms with Crippen molar-refractivity contribution < 1.29 is 14.5 Å². The first-order chi connectivity index (χ1) is 15.5. The summed E-state index contributed by atoms with van der Waals surface area (Å²) in [4.78, 5) is 33.6. The number of anilines is 1. The van der Waals surface area contributed by atoms with Gasteiger partial charge in [-0.2, -0.15) is 0 Å².